The molecule has 108 valence electrons. The van der Waals surface area contributed by atoms with Crippen LogP contribution in [-0.2, 0) is 0 Å². The van der Waals surface area contributed by atoms with Crippen molar-refractivity contribution < 1.29 is 9.90 Å². The Bertz CT molecular complexity index is 506. The van der Waals surface area contributed by atoms with Crippen molar-refractivity contribution in [1.29, 1.82) is 0 Å². The molecule has 20 heavy (non-hydrogen) atoms. The Kier molecular flexibility index (Phi) is 5.63. The van der Waals surface area contributed by atoms with Gasteiger partial charge in [0.25, 0.3) is 5.91 Å². The molecule has 1 aromatic heterocycles. The number of amides is 1. The molecular formula is C16H21NO2S. The van der Waals surface area contributed by atoms with E-state index in [0.29, 0.717) is 6.04 Å². The van der Waals surface area contributed by atoms with Crippen molar-refractivity contribution in [1.82, 2.24) is 4.90 Å². The molecule has 1 saturated carbocycles. The first-order chi connectivity index (χ1) is 9.76. The molecular weight excluding hydrogens is 270 g/mol. The molecule has 0 bridgehead atoms. The summed E-state index contributed by atoms with van der Waals surface area (Å²) in [7, 11) is 0. The number of carbonyl (C=O) groups is 1. The molecule has 0 spiro atoms. The van der Waals surface area contributed by atoms with Gasteiger partial charge in [-0.05, 0) is 25.8 Å². The summed E-state index contributed by atoms with van der Waals surface area (Å²) >= 11 is 1.46. The summed E-state index contributed by atoms with van der Waals surface area (Å²) in [6.07, 6.45) is 6.00. The van der Waals surface area contributed by atoms with Crippen LogP contribution in [0.2, 0.25) is 0 Å². The van der Waals surface area contributed by atoms with Crippen LogP contribution in [0, 0.1) is 11.8 Å². The first-order valence-corrected chi connectivity index (χ1v) is 8.13. The van der Waals surface area contributed by atoms with E-state index in [1.165, 1.54) is 30.6 Å². The highest BCUT2D eigenvalue weighted by molar-refractivity contribution is 7.10. The number of carbonyl (C=O) groups excluding carboxylic acids is 1. The van der Waals surface area contributed by atoms with E-state index >= 15 is 0 Å². The summed E-state index contributed by atoms with van der Waals surface area (Å²) in [4.78, 5) is 15.4. The van der Waals surface area contributed by atoms with E-state index in [4.69, 9.17) is 5.11 Å². The van der Waals surface area contributed by atoms with Gasteiger partial charge in [-0.1, -0.05) is 31.1 Å². The van der Waals surface area contributed by atoms with E-state index in [2.05, 4.69) is 11.8 Å². The molecule has 3 nitrogen and oxygen atoms in total. The molecule has 1 heterocycles. The van der Waals surface area contributed by atoms with Crippen LogP contribution in [0.3, 0.4) is 0 Å². The largest absolute Gasteiger partial charge is 0.384 e. The van der Waals surface area contributed by atoms with E-state index in [1.807, 2.05) is 23.3 Å². The van der Waals surface area contributed by atoms with Crippen molar-refractivity contribution >= 4 is 17.2 Å². The summed E-state index contributed by atoms with van der Waals surface area (Å²) < 4.78 is 0. The molecule has 0 saturated heterocycles. The van der Waals surface area contributed by atoms with Gasteiger partial charge in [0.2, 0.25) is 0 Å². The van der Waals surface area contributed by atoms with E-state index in [-0.39, 0.29) is 12.5 Å². The molecule has 0 aromatic carbocycles. The van der Waals surface area contributed by atoms with E-state index in [1.54, 1.807) is 0 Å². The number of aliphatic hydroxyl groups is 1. The Morgan fingerprint density at radius 1 is 1.45 bits per heavy atom. The lowest BCUT2D eigenvalue weighted by atomic mass is 9.94. The third-order valence-electron chi connectivity index (χ3n) is 3.75. The summed E-state index contributed by atoms with van der Waals surface area (Å²) in [6, 6.07) is 2.23. The maximum absolute atomic E-state index is 12.6. The van der Waals surface area contributed by atoms with Crippen molar-refractivity contribution in [2.24, 2.45) is 0 Å². The average Bonchev–Trinajstić information content (AvgIpc) is 2.96. The highest BCUT2D eigenvalue weighted by atomic mass is 32.1. The molecule has 0 unspecified atom stereocenters. The van der Waals surface area contributed by atoms with Gasteiger partial charge in [-0.3, -0.25) is 4.79 Å². The quantitative estimate of drug-likeness (QED) is 0.870. The van der Waals surface area contributed by atoms with Crippen molar-refractivity contribution in [3.05, 3.63) is 21.9 Å². The van der Waals surface area contributed by atoms with Gasteiger partial charge in [-0.15, -0.1) is 11.3 Å². The van der Waals surface area contributed by atoms with Crippen molar-refractivity contribution in [2.75, 3.05) is 13.2 Å². The minimum Gasteiger partial charge on any atom is -0.384 e. The highest BCUT2D eigenvalue weighted by Crippen LogP contribution is 2.25. The predicted molar refractivity (Wildman–Crippen MR) is 81.9 cm³/mol. The van der Waals surface area contributed by atoms with Crippen LogP contribution < -0.4 is 0 Å². The van der Waals surface area contributed by atoms with Crippen molar-refractivity contribution in [2.45, 2.75) is 45.1 Å². The van der Waals surface area contributed by atoms with E-state index < -0.39 is 0 Å². The van der Waals surface area contributed by atoms with E-state index in [0.717, 1.165) is 29.8 Å². The summed E-state index contributed by atoms with van der Waals surface area (Å²) in [5.41, 5.74) is 0.727. The number of hydrogen-bond acceptors (Lipinski definition) is 3. The number of rotatable bonds is 3. The molecule has 1 aliphatic rings. The SMILES string of the molecule is CCN(C(=O)c1csc(C#CCO)c1)C1CCCCC1. The molecule has 1 aliphatic carbocycles. The monoisotopic (exact) mass is 291 g/mol. The lowest BCUT2D eigenvalue weighted by Gasteiger charge is -2.33. The second-order valence-electron chi connectivity index (χ2n) is 5.04. The zero-order valence-electron chi connectivity index (χ0n) is 11.9. The summed E-state index contributed by atoms with van der Waals surface area (Å²) in [5.74, 6) is 5.59. The Balaban J connectivity index is 2.09. The lowest BCUT2D eigenvalue weighted by Crippen LogP contribution is -2.41. The zero-order valence-corrected chi connectivity index (χ0v) is 12.7. The molecule has 1 fully saturated rings. The fourth-order valence-corrected chi connectivity index (χ4v) is 3.52. The lowest BCUT2D eigenvalue weighted by molar-refractivity contribution is 0.0648. The van der Waals surface area contributed by atoms with Gasteiger partial charge < -0.3 is 10.0 Å². The van der Waals surface area contributed by atoms with Gasteiger partial charge >= 0.3 is 0 Å². The fraction of sp³-hybridized carbons (Fsp3) is 0.562. The third-order valence-corrected chi connectivity index (χ3v) is 4.60. The van der Waals surface area contributed by atoms with Crippen LogP contribution >= 0.6 is 11.3 Å². The Labute approximate surface area is 124 Å². The number of hydrogen-bond donors (Lipinski definition) is 1. The van der Waals surface area contributed by atoms with Crippen molar-refractivity contribution in [3.63, 3.8) is 0 Å². The molecule has 0 radical (unpaired) electrons. The second kappa shape index (κ2) is 7.47. The maximum atomic E-state index is 12.6. The van der Waals surface area contributed by atoms with Gasteiger partial charge in [0, 0.05) is 18.0 Å². The first kappa shape index (κ1) is 15.1. The van der Waals surface area contributed by atoms with Gasteiger partial charge in [0.15, 0.2) is 0 Å². The summed E-state index contributed by atoms with van der Waals surface area (Å²) in [6.45, 7) is 2.66. The smallest absolute Gasteiger partial charge is 0.254 e. The first-order valence-electron chi connectivity index (χ1n) is 7.25. The molecule has 1 amide bonds. The summed E-state index contributed by atoms with van der Waals surface area (Å²) in [5, 5.41) is 10.6. The fourth-order valence-electron chi connectivity index (χ4n) is 2.77. The van der Waals surface area contributed by atoms with Gasteiger partial charge in [0.1, 0.15) is 6.61 Å². The second-order valence-corrected chi connectivity index (χ2v) is 5.95. The van der Waals surface area contributed by atoms with Crippen LogP contribution in [0.25, 0.3) is 0 Å². The molecule has 4 heteroatoms. The number of nitrogens with zero attached hydrogens (tertiary/aromatic N) is 1. The number of thiophene rings is 1. The minimum atomic E-state index is -0.148. The Morgan fingerprint density at radius 2 is 2.20 bits per heavy atom. The number of aliphatic hydroxyl groups excluding tert-OH is 1. The van der Waals surface area contributed by atoms with Gasteiger partial charge in [-0.2, -0.15) is 0 Å². The van der Waals surface area contributed by atoms with Gasteiger partial charge in [0.05, 0.1) is 10.4 Å². The van der Waals surface area contributed by atoms with Crippen LogP contribution in [0.1, 0.15) is 54.3 Å². The van der Waals surface area contributed by atoms with Crippen LogP contribution in [-0.4, -0.2) is 35.1 Å². The average molecular weight is 291 g/mol. The Hall–Kier alpha value is -1.31. The zero-order chi connectivity index (χ0) is 14.4. The predicted octanol–water partition coefficient (Wildman–Crippen LogP) is 2.89. The van der Waals surface area contributed by atoms with Crippen LogP contribution in [0.4, 0.5) is 0 Å². The molecule has 0 atom stereocenters. The molecule has 0 aliphatic heterocycles. The van der Waals surface area contributed by atoms with Crippen LogP contribution in [0.15, 0.2) is 11.4 Å². The molecule has 2 rings (SSSR count). The third kappa shape index (κ3) is 3.62. The van der Waals surface area contributed by atoms with Crippen molar-refractivity contribution in [3.8, 4) is 11.8 Å². The maximum Gasteiger partial charge on any atom is 0.254 e. The van der Waals surface area contributed by atoms with E-state index in [9.17, 15) is 4.79 Å². The standard InChI is InChI=1S/C16H21NO2S/c1-2-17(14-7-4-3-5-8-14)16(19)13-11-15(20-12-13)9-6-10-18/h11-12,14,18H,2-5,7-8,10H2,1H3. The highest BCUT2D eigenvalue weighted by Gasteiger charge is 2.25. The van der Waals surface area contributed by atoms with Crippen LogP contribution in [0.5, 0.6) is 0 Å². The molecule has 1 aromatic rings. The minimum absolute atomic E-state index is 0.118. The molecule has 1 N–H and O–H groups in total. The topological polar surface area (TPSA) is 40.5 Å². The normalized spacial score (nSPS) is 15.5. The van der Waals surface area contributed by atoms with Gasteiger partial charge in [-0.25, -0.2) is 0 Å². The Morgan fingerprint density at radius 3 is 2.85 bits per heavy atom.